The zero-order valence-electron chi connectivity index (χ0n) is 27.0. The molecule has 0 fully saturated rings. The van der Waals surface area contributed by atoms with E-state index in [2.05, 4.69) is 149 Å². The summed E-state index contributed by atoms with van der Waals surface area (Å²) in [6, 6.07) is 57.2. The van der Waals surface area contributed by atoms with Crippen molar-refractivity contribution in [1.82, 2.24) is 23.9 Å². The summed E-state index contributed by atoms with van der Waals surface area (Å²) in [4.78, 5) is 15.6. The van der Waals surface area contributed by atoms with Crippen LogP contribution in [0.4, 0.5) is 0 Å². The van der Waals surface area contributed by atoms with Crippen molar-refractivity contribution in [2.24, 2.45) is 0 Å². The second-order valence-corrected chi connectivity index (χ2v) is 12.6. The molecule has 0 bridgehead atoms. The van der Waals surface area contributed by atoms with Crippen molar-refractivity contribution in [2.45, 2.75) is 0 Å². The van der Waals surface area contributed by atoms with Crippen molar-refractivity contribution in [3.05, 3.63) is 176 Å². The monoisotopic (exact) mass is 639 g/mol. The number of imidazole rings is 2. The van der Waals surface area contributed by atoms with Crippen LogP contribution >= 0.6 is 0 Å². The molecule has 0 unspecified atom stereocenters. The van der Waals surface area contributed by atoms with Crippen LogP contribution in [-0.2, 0) is 0 Å². The highest BCUT2D eigenvalue weighted by molar-refractivity contribution is 6.20. The summed E-state index contributed by atoms with van der Waals surface area (Å²) in [6.45, 7) is 0. The van der Waals surface area contributed by atoms with Crippen molar-refractivity contribution in [3.8, 4) is 50.7 Å². The SMILES string of the molecule is c1ccc(-c2nc3c4c(-c5ccc(-c6cccc(-c7cn8ccccc8n7)c6)cc5)nc5ccccc5c4ccc3n2-c2ccccc2)cc1. The zero-order valence-corrected chi connectivity index (χ0v) is 27.0. The maximum absolute atomic E-state index is 5.42. The van der Waals surface area contributed by atoms with Gasteiger partial charge in [-0.1, -0.05) is 121 Å². The molecule has 0 aliphatic rings. The van der Waals surface area contributed by atoms with Crippen molar-refractivity contribution in [3.63, 3.8) is 0 Å². The molecule has 10 aromatic rings. The molecular weight excluding hydrogens is 611 g/mol. The normalized spacial score (nSPS) is 11.6. The molecule has 10 rings (SSSR count). The lowest BCUT2D eigenvalue weighted by molar-refractivity contribution is 1.10. The first-order valence-electron chi connectivity index (χ1n) is 16.8. The topological polar surface area (TPSA) is 48.0 Å². The first-order valence-corrected chi connectivity index (χ1v) is 16.8. The molecule has 6 aromatic carbocycles. The van der Waals surface area contributed by atoms with E-state index in [9.17, 15) is 0 Å². The highest BCUT2D eigenvalue weighted by atomic mass is 15.1. The van der Waals surface area contributed by atoms with E-state index in [-0.39, 0.29) is 0 Å². The van der Waals surface area contributed by atoms with Crippen LogP contribution in [0, 0.1) is 0 Å². The molecule has 0 spiro atoms. The summed E-state index contributed by atoms with van der Waals surface area (Å²) in [7, 11) is 0. The molecule has 5 heteroatoms. The van der Waals surface area contributed by atoms with Crippen LogP contribution in [0.1, 0.15) is 0 Å². The fourth-order valence-electron chi connectivity index (χ4n) is 7.16. The van der Waals surface area contributed by atoms with Crippen molar-refractivity contribution in [2.75, 3.05) is 0 Å². The van der Waals surface area contributed by atoms with Gasteiger partial charge in [0.15, 0.2) is 0 Å². The fourth-order valence-corrected chi connectivity index (χ4v) is 7.16. The lowest BCUT2D eigenvalue weighted by Gasteiger charge is -2.13. The lowest BCUT2D eigenvalue weighted by Crippen LogP contribution is -1.97. The number of hydrogen-bond acceptors (Lipinski definition) is 3. The van der Waals surface area contributed by atoms with Crippen LogP contribution < -0.4 is 0 Å². The molecule has 5 nitrogen and oxygen atoms in total. The van der Waals surface area contributed by atoms with E-state index in [0.29, 0.717) is 0 Å². The van der Waals surface area contributed by atoms with E-state index >= 15 is 0 Å². The van der Waals surface area contributed by atoms with Gasteiger partial charge in [-0.3, -0.25) is 4.57 Å². The molecule has 0 aliphatic carbocycles. The average molecular weight is 640 g/mol. The Morgan fingerprint density at radius 1 is 0.460 bits per heavy atom. The Bertz CT molecular complexity index is 2820. The summed E-state index contributed by atoms with van der Waals surface area (Å²) in [5.41, 5.74) is 12.3. The molecule has 4 aromatic heterocycles. The second-order valence-electron chi connectivity index (χ2n) is 12.6. The lowest BCUT2D eigenvalue weighted by atomic mass is 9.96. The first-order chi connectivity index (χ1) is 24.8. The number of nitrogens with zero attached hydrogens (tertiary/aromatic N) is 5. The highest BCUT2D eigenvalue weighted by Crippen LogP contribution is 2.40. The fraction of sp³-hybridized carbons (Fsp3) is 0. The van der Waals surface area contributed by atoms with Crippen LogP contribution in [0.3, 0.4) is 0 Å². The van der Waals surface area contributed by atoms with Gasteiger partial charge in [-0.15, -0.1) is 0 Å². The highest BCUT2D eigenvalue weighted by Gasteiger charge is 2.20. The maximum atomic E-state index is 5.42. The molecule has 0 atom stereocenters. The molecule has 0 saturated heterocycles. The quantitative estimate of drug-likeness (QED) is 0.176. The summed E-state index contributed by atoms with van der Waals surface area (Å²) < 4.78 is 4.32. The van der Waals surface area contributed by atoms with Crippen LogP contribution in [0.25, 0.3) is 89.1 Å². The zero-order chi connectivity index (χ0) is 33.0. The Morgan fingerprint density at radius 3 is 2.02 bits per heavy atom. The van der Waals surface area contributed by atoms with Gasteiger partial charge in [0.05, 0.1) is 27.9 Å². The third-order valence-corrected chi connectivity index (χ3v) is 9.55. The van der Waals surface area contributed by atoms with Gasteiger partial charge in [-0.05, 0) is 59.0 Å². The summed E-state index contributed by atoms with van der Waals surface area (Å²) in [6.07, 6.45) is 4.11. The third-order valence-electron chi connectivity index (χ3n) is 9.55. The van der Waals surface area contributed by atoms with E-state index < -0.39 is 0 Å². The average Bonchev–Trinajstić information content (AvgIpc) is 3.81. The van der Waals surface area contributed by atoms with E-state index in [4.69, 9.17) is 15.0 Å². The van der Waals surface area contributed by atoms with E-state index in [0.717, 1.165) is 89.1 Å². The molecule has 0 saturated carbocycles. The maximum Gasteiger partial charge on any atom is 0.145 e. The Labute approximate surface area is 288 Å². The number of fused-ring (bicyclic) bond motifs is 6. The van der Waals surface area contributed by atoms with Crippen molar-refractivity contribution in [1.29, 1.82) is 0 Å². The van der Waals surface area contributed by atoms with Gasteiger partial charge >= 0.3 is 0 Å². The molecule has 0 N–H and O–H groups in total. The molecule has 234 valence electrons. The van der Waals surface area contributed by atoms with Gasteiger partial charge < -0.3 is 4.40 Å². The van der Waals surface area contributed by atoms with Gasteiger partial charge in [0, 0.05) is 45.5 Å². The number of pyridine rings is 2. The van der Waals surface area contributed by atoms with Gasteiger partial charge in [0.2, 0.25) is 0 Å². The predicted octanol–water partition coefficient (Wildman–Crippen LogP) is 11.0. The predicted molar refractivity (Wildman–Crippen MR) is 204 cm³/mol. The summed E-state index contributed by atoms with van der Waals surface area (Å²) in [5.74, 6) is 0.902. The number of hydrogen-bond donors (Lipinski definition) is 0. The van der Waals surface area contributed by atoms with Crippen LogP contribution in [0.2, 0.25) is 0 Å². The minimum absolute atomic E-state index is 0.902. The summed E-state index contributed by atoms with van der Waals surface area (Å²) >= 11 is 0. The van der Waals surface area contributed by atoms with Crippen molar-refractivity contribution < 1.29 is 0 Å². The number of benzene rings is 6. The van der Waals surface area contributed by atoms with Gasteiger partial charge in [-0.2, -0.15) is 0 Å². The van der Waals surface area contributed by atoms with E-state index in [1.165, 1.54) is 0 Å². The number of para-hydroxylation sites is 2. The van der Waals surface area contributed by atoms with E-state index in [1.807, 2.05) is 36.5 Å². The molecule has 50 heavy (non-hydrogen) atoms. The van der Waals surface area contributed by atoms with Gasteiger partial charge in [0.25, 0.3) is 0 Å². The largest absolute Gasteiger partial charge is 0.306 e. The Balaban J connectivity index is 1.16. The van der Waals surface area contributed by atoms with Crippen LogP contribution in [0.15, 0.2) is 176 Å². The first kappa shape index (κ1) is 28.2. The molecular formula is C45H29N5. The second kappa shape index (κ2) is 11.4. The van der Waals surface area contributed by atoms with Gasteiger partial charge in [-0.25, -0.2) is 15.0 Å². The molecule has 4 heterocycles. The Hall–Kier alpha value is -6.85. The summed E-state index contributed by atoms with van der Waals surface area (Å²) in [5, 5.41) is 3.30. The third kappa shape index (κ3) is 4.60. The smallest absolute Gasteiger partial charge is 0.145 e. The van der Waals surface area contributed by atoms with E-state index in [1.54, 1.807) is 0 Å². The minimum Gasteiger partial charge on any atom is -0.306 e. The van der Waals surface area contributed by atoms with Crippen LogP contribution in [0.5, 0.6) is 0 Å². The molecule has 0 radical (unpaired) electrons. The molecule has 0 aliphatic heterocycles. The standard InChI is InChI=1S/C45H29N5/c1-3-12-32(13-4-1)45-48-44-40(50(45)35-16-5-2-6-17-35)26-25-37-36-18-7-8-19-38(36)47-43(42(37)44)31-23-21-30(22-24-31)33-14-11-15-34(28-33)39-29-49-27-10-9-20-41(49)46-39/h1-29H. The molecule has 0 amide bonds. The van der Waals surface area contributed by atoms with Crippen molar-refractivity contribution >= 4 is 38.4 Å². The Kier molecular flexibility index (Phi) is 6.42. The number of rotatable bonds is 5. The van der Waals surface area contributed by atoms with Crippen LogP contribution in [-0.4, -0.2) is 23.9 Å². The number of aromatic nitrogens is 5. The minimum atomic E-state index is 0.902. The Morgan fingerprint density at radius 2 is 1.18 bits per heavy atom. The van der Waals surface area contributed by atoms with Gasteiger partial charge in [0.1, 0.15) is 11.5 Å².